The number of carbonyl (C=O) groups excluding carboxylic acids is 1. The molecule has 0 aromatic carbocycles. The molecule has 90 valence electrons. The predicted octanol–water partition coefficient (Wildman–Crippen LogP) is -0.236. The Morgan fingerprint density at radius 2 is 1.93 bits per heavy atom. The van der Waals surface area contributed by atoms with Gasteiger partial charge in [0.15, 0.2) is 0 Å². The van der Waals surface area contributed by atoms with Crippen molar-refractivity contribution in [1.82, 2.24) is 10.6 Å². The van der Waals surface area contributed by atoms with Crippen molar-refractivity contribution in [2.75, 3.05) is 40.5 Å². The van der Waals surface area contributed by atoms with Gasteiger partial charge in [-0.1, -0.05) is 0 Å². The van der Waals surface area contributed by atoms with E-state index in [1.54, 1.807) is 14.2 Å². The van der Waals surface area contributed by atoms with Crippen molar-refractivity contribution in [3.63, 3.8) is 0 Å². The van der Waals surface area contributed by atoms with Crippen LogP contribution in [0.15, 0.2) is 0 Å². The van der Waals surface area contributed by atoms with Crippen LogP contribution < -0.4 is 10.6 Å². The number of rotatable bonds is 8. The molecule has 0 aromatic rings. The molecular weight excluding hydrogens is 196 g/mol. The number of carbonyl (C=O) groups is 1. The summed E-state index contributed by atoms with van der Waals surface area (Å²) in [5, 5.41) is 5.84. The number of ether oxygens (including phenoxy) is 2. The van der Waals surface area contributed by atoms with E-state index in [4.69, 9.17) is 9.47 Å². The molecule has 0 aliphatic carbocycles. The lowest BCUT2D eigenvalue weighted by atomic mass is 10.1. The van der Waals surface area contributed by atoms with E-state index in [1.165, 1.54) is 0 Å². The molecule has 0 spiro atoms. The Morgan fingerprint density at radius 3 is 2.47 bits per heavy atom. The van der Waals surface area contributed by atoms with Crippen LogP contribution in [-0.4, -0.2) is 52.0 Å². The lowest BCUT2D eigenvalue weighted by Gasteiger charge is -2.25. The first kappa shape index (κ1) is 14.3. The quantitative estimate of drug-likeness (QED) is 0.552. The summed E-state index contributed by atoms with van der Waals surface area (Å²) in [4.78, 5) is 11.4. The SMILES string of the molecule is COCCNCC(=O)NC(C)(C)COC. The van der Waals surface area contributed by atoms with Crippen LogP contribution >= 0.6 is 0 Å². The number of methoxy groups -OCH3 is 2. The minimum atomic E-state index is -0.325. The Balaban J connectivity index is 3.63. The number of hydrogen-bond acceptors (Lipinski definition) is 4. The van der Waals surface area contributed by atoms with Crippen molar-refractivity contribution >= 4 is 5.91 Å². The highest BCUT2D eigenvalue weighted by atomic mass is 16.5. The van der Waals surface area contributed by atoms with Gasteiger partial charge in [-0.25, -0.2) is 0 Å². The molecule has 2 N–H and O–H groups in total. The van der Waals surface area contributed by atoms with E-state index in [-0.39, 0.29) is 11.4 Å². The highest BCUT2D eigenvalue weighted by Gasteiger charge is 2.19. The average molecular weight is 218 g/mol. The topological polar surface area (TPSA) is 59.6 Å². The van der Waals surface area contributed by atoms with Gasteiger partial charge in [-0.15, -0.1) is 0 Å². The van der Waals surface area contributed by atoms with Gasteiger partial charge in [0, 0.05) is 20.8 Å². The molecule has 0 aliphatic heterocycles. The molecular formula is C10H22N2O3. The largest absolute Gasteiger partial charge is 0.383 e. The zero-order valence-corrected chi connectivity index (χ0v) is 10.1. The normalized spacial score (nSPS) is 11.5. The average Bonchev–Trinajstić information content (AvgIpc) is 2.11. The lowest BCUT2D eigenvalue weighted by molar-refractivity contribution is -0.122. The summed E-state index contributed by atoms with van der Waals surface area (Å²) in [5.41, 5.74) is -0.325. The van der Waals surface area contributed by atoms with Crippen LogP contribution in [0.3, 0.4) is 0 Å². The molecule has 0 unspecified atom stereocenters. The third-order valence-electron chi connectivity index (χ3n) is 1.75. The molecule has 0 saturated carbocycles. The van der Waals surface area contributed by atoms with Crippen LogP contribution in [0.5, 0.6) is 0 Å². The van der Waals surface area contributed by atoms with Crippen LogP contribution in [0.25, 0.3) is 0 Å². The summed E-state index contributed by atoms with van der Waals surface area (Å²) in [5.74, 6) is -0.0341. The predicted molar refractivity (Wildman–Crippen MR) is 58.8 cm³/mol. The van der Waals surface area contributed by atoms with Crippen molar-refractivity contribution in [2.45, 2.75) is 19.4 Å². The lowest BCUT2D eigenvalue weighted by Crippen LogP contribution is -2.49. The van der Waals surface area contributed by atoms with Crippen LogP contribution in [0, 0.1) is 0 Å². The van der Waals surface area contributed by atoms with Crippen LogP contribution in [0.1, 0.15) is 13.8 Å². The van der Waals surface area contributed by atoms with E-state index in [9.17, 15) is 4.79 Å². The number of nitrogens with one attached hydrogen (secondary N) is 2. The van der Waals surface area contributed by atoms with Crippen LogP contribution in [0.2, 0.25) is 0 Å². The second kappa shape index (κ2) is 7.62. The van der Waals surface area contributed by atoms with Crippen molar-refractivity contribution < 1.29 is 14.3 Å². The summed E-state index contributed by atoms with van der Waals surface area (Å²) in [6.45, 7) is 5.92. The molecule has 1 amide bonds. The van der Waals surface area contributed by atoms with Gasteiger partial charge in [-0.2, -0.15) is 0 Å². The third-order valence-corrected chi connectivity index (χ3v) is 1.75. The van der Waals surface area contributed by atoms with E-state index in [2.05, 4.69) is 10.6 Å². The monoisotopic (exact) mass is 218 g/mol. The fraction of sp³-hybridized carbons (Fsp3) is 0.900. The van der Waals surface area contributed by atoms with Gasteiger partial charge in [0.25, 0.3) is 0 Å². The Labute approximate surface area is 91.5 Å². The highest BCUT2D eigenvalue weighted by molar-refractivity contribution is 5.78. The zero-order chi connectivity index (χ0) is 11.7. The van der Waals surface area contributed by atoms with Crippen LogP contribution in [-0.2, 0) is 14.3 Å². The minimum Gasteiger partial charge on any atom is -0.383 e. The van der Waals surface area contributed by atoms with Gasteiger partial charge in [0.2, 0.25) is 5.91 Å². The molecule has 5 nitrogen and oxygen atoms in total. The first-order valence-electron chi connectivity index (χ1n) is 5.01. The molecule has 0 aromatic heterocycles. The summed E-state index contributed by atoms with van der Waals surface area (Å²) in [6.07, 6.45) is 0. The third kappa shape index (κ3) is 8.35. The van der Waals surface area contributed by atoms with Gasteiger partial charge >= 0.3 is 0 Å². The van der Waals surface area contributed by atoms with Gasteiger partial charge in [0.1, 0.15) is 0 Å². The van der Waals surface area contributed by atoms with Gasteiger partial charge in [0.05, 0.1) is 25.3 Å². The molecule has 0 heterocycles. The molecule has 0 aliphatic rings. The molecule has 0 atom stereocenters. The zero-order valence-electron chi connectivity index (χ0n) is 10.1. The Morgan fingerprint density at radius 1 is 1.27 bits per heavy atom. The standard InChI is InChI=1S/C10H22N2O3/c1-10(2,8-15-4)12-9(13)7-11-5-6-14-3/h11H,5-8H2,1-4H3,(H,12,13). The molecule has 0 rings (SSSR count). The summed E-state index contributed by atoms with van der Waals surface area (Å²) in [7, 11) is 3.24. The Bertz CT molecular complexity index is 184. The number of hydrogen-bond donors (Lipinski definition) is 2. The summed E-state index contributed by atoms with van der Waals surface area (Å²) >= 11 is 0. The van der Waals surface area contributed by atoms with Crippen molar-refractivity contribution in [1.29, 1.82) is 0 Å². The first-order valence-corrected chi connectivity index (χ1v) is 5.01. The molecule has 0 bridgehead atoms. The first-order chi connectivity index (χ1) is 7.02. The number of amides is 1. The molecule has 0 fully saturated rings. The maximum atomic E-state index is 11.4. The van der Waals surface area contributed by atoms with Gasteiger partial charge in [-0.05, 0) is 13.8 Å². The smallest absolute Gasteiger partial charge is 0.234 e. The maximum absolute atomic E-state index is 11.4. The summed E-state index contributed by atoms with van der Waals surface area (Å²) < 4.78 is 9.84. The van der Waals surface area contributed by atoms with Crippen LogP contribution in [0.4, 0.5) is 0 Å². The van der Waals surface area contributed by atoms with Crippen molar-refractivity contribution in [3.8, 4) is 0 Å². The van der Waals surface area contributed by atoms with Crippen molar-refractivity contribution in [2.24, 2.45) is 0 Å². The van der Waals surface area contributed by atoms with E-state index in [1.807, 2.05) is 13.8 Å². The van der Waals surface area contributed by atoms with E-state index in [0.717, 1.165) is 0 Å². The van der Waals surface area contributed by atoms with Gasteiger partial charge < -0.3 is 20.1 Å². The second-order valence-corrected chi connectivity index (χ2v) is 4.03. The second-order valence-electron chi connectivity index (χ2n) is 4.03. The molecule has 5 heteroatoms. The fourth-order valence-corrected chi connectivity index (χ4v) is 1.19. The Kier molecular flexibility index (Phi) is 7.29. The molecule has 0 saturated heterocycles. The minimum absolute atomic E-state index is 0.0341. The Hall–Kier alpha value is -0.650. The van der Waals surface area contributed by atoms with E-state index < -0.39 is 0 Å². The van der Waals surface area contributed by atoms with Gasteiger partial charge in [-0.3, -0.25) is 4.79 Å². The van der Waals surface area contributed by atoms with E-state index >= 15 is 0 Å². The van der Waals surface area contributed by atoms with Crippen molar-refractivity contribution in [3.05, 3.63) is 0 Å². The molecule has 0 radical (unpaired) electrons. The summed E-state index contributed by atoms with van der Waals surface area (Å²) in [6, 6.07) is 0. The van der Waals surface area contributed by atoms with E-state index in [0.29, 0.717) is 26.3 Å². The molecule has 15 heavy (non-hydrogen) atoms. The maximum Gasteiger partial charge on any atom is 0.234 e. The fourth-order valence-electron chi connectivity index (χ4n) is 1.19. The highest BCUT2D eigenvalue weighted by Crippen LogP contribution is 2.00.